The van der Waals surface area contributed by atoms with Crippen LogP contribution in [-0.4, -0.2) is 57.5 Å². The molecule has 0 radical (unpaired) electrons. The Hall–Kier alpha value is -3.08. The van der Waals surface area contributed by atoms with Gasteiger partial charge in [0.1, 0.15) is 5.69 Å². The number of pyridine rings is 1. The van der Waals surface area contributed by atoms with Crippen LogP contribution in [0.1, 0.15) is 10.4 Å². The fraction of sp³-hybridized carbons (Fsp3) is 0.154. The molecule has 0 aliphatic rings. The molecule has 0 saturated heterocycles. The fourth-order valence-electron chi connectivity index (χ4n) is 2.05. The second-order valence-corrected chi connectivity index (χ2v) is 6.97. The molecule has 0 bridgehead atoms. The minimum Gasteiger partial charge on any atom is -0.478 e. The number of anilines is 1. The maximum atomic E-state index is 11.5. The maximum absolute atomic E-state index is 11.5. The fourth-order valence-corrected chi connectivity index (χ4v) is 2.44. The van der Waals surface area contributed by atoms with E-state index in [1.54, 1.807) is 0 Å². The van der Waals surface area contributed by atoms with E-state index in [-0.39, 0.29) is 11.5 Å². The number of hydrogen-bond acceptors (Lipinski definition) is 7. The van der Waals surface area contributed by atoms with Crippen LogP contribution in [0.3, 0.4) is 0 Å². The number of fused-ring (bicyclic) bond motifs is 1. The standard InChI is InChI=1S/C13H12N6O4S/c1-18(24(2,22)23)13-15-3-8(4-16-13)19-11-7-14-5-10(12(20)21)9(11)6-17-19/h3-7H,1-2H3,(H,20,21). The van der Waals surface area contributed by atoms with Crippen molar-refractivity contribution in [3.05, 3.63) is 36.5 Å². The third-order valence-electron chi connectivity index (χ3n) is 3.38. The predicted octanol–water partition coefficient (Wildman–Crippen LogP) is 0.304. The molecule has 3 aromatic heterocycles. The Labute approximate surface area is 136 Å². The highest BCUT2D eigenvalue weighted by Gasteiger charge is 2.16. The minimum atomic E-state index is -3.46. The second-order valence-electron chi connectivity index (χ2n) is 4.95. The molecule has 0 aliphatic carbocycles. The molecular weight excluding hydrogens is 336 g/mol. The molecule has 10 nitrogen and oxygen atoms in total. The van der Waals surface area contributed by atoms with Crippen LogP contribution in [0.15, 0.2) is 31.0 Å². The van der Waals surface area contributed by atoms with Crippen LogP contribution in [0.5, 0.6) is 0 Å². The van der Waals surface area contributed by atoms with E-state index in [0.29, 0.717) is 16.6 Å². The van der Waals surface area contributed by atoms with Crippen molar-refractivity contribution in [2.24, 2.45) is 0 Å². The first-order valence-corrected chi connectivity index (χ1v) is 8.45. The third kappa shape index (κ3) is 2.65. The van der Waals surface area contributed by atoms with Gasteiger partial charge < -0.3 is 5.11 Å². The van der Waals surface area contributed by atoms with Gasteiger partial charge in [0.05, 0.1) is 42.1 Å². The van der Waals surface area contributed by atoms with Crippen molar-refractivity contribution in [1.29, 1.82) is 0 Å². The third-order valence-corrected chi connectivity index (χ3v) is 4.53. The molecule has 0 saturated carbocycles. The van der Waals surface area contributed by atoms with Gasteiger partial charge in [-0.1, -0.05) is 0 Å². The van der Waals surface area contributed by atoms with E-state index < -0.39 is 16.0 Å². The van der Waals surface area contributed by atoms with Crippen LogP contribution in [0.4, 0.5) is 5.95 Å². The summed E-state index contributed by atoms with van der Waals surface area (Å²) in [5.41, 5.74) is 0.954. The van der Waals surface area contributed by atoms with Crippen molar-refractivity contribution in [3.8, 4) is 5.69 Å². The Morgan fingerprint density at radius 2 is 1.83 bits per heavy atom. The number of aromatic carboxylic acids is 1. The smallest absolute Gasteiger partial charge is 0.338 e. The van der Waals surface area contributed by atoms with Crippen molar-refractivity contribution in [2.75, 3.05) is 17.6 Å². The number of sulfonamides is 1. The van der Waals surface area contributed by atoms with Gasteiger partial charge in [-0.2, -0.15) is 5.10 Å². The Bertz CT molecular complexity index is 1030. The molecule has 3 aromatic rings. The number of hydrogen-bond donors (Lipinski definition) is 1. The quantitative estimate of drug-likeness (QED) is 0.712. The summed E-state index contributed by atoms with van der Waals surface area (Å²) in [6.07, 6.45) is 7.97. The van der Waals surface area contributed by atoms with Crippen LogP contribution < -0.4 is 4.31 Å². The van der Waals surface area contributed by atoms with Crippen molar-refractivity contribution in [3.63, 3.8) is 0 Å². The molecule has 0 amide bonds. The molecule has 0 aliphatic heterocycles. The van der Waals surface area contributed by atoms with Crippen LogP contribution in [-0.2, 0) is 10.0 Å². The lowest BCUT2D eigenvalue weighted by Crippen LogP contribution is -2.26. The van der Waals surface area contributed by atoms with E-state index in [4.69, 9.17) is 0 Å². The zero-order chi connectivity index (χ0) is 17.5. The Morgan fingerprint density at radius 3 is 2.42 bits per heavy atom. The van der Waals surface area contributed by atoms with Gasteiger partial charge in [0.15, 0.2) is 0 Å². The first kappa shape index (κ1) is 15.8. The van der Waals surface area contributed by atoms with Crippen molar-refractivity contribution < 1.29 is 18.3 Å². The minimum absolute atomic E-state index is 0.0158. The number of carboxylic acid groups (broad SMARTS) is 1. The van der Waals surface area contributed by atoms with Crippen molar-refractivity contribution >= 4 is 32.8 Å². The van der Waals surface area contributed by atoms with Crippen molar-refractivity contribution in [1.82, 2.24) is 24.7 Å². The monoisotopic (exact) mass is 348 g/mol. The van der Waals surface area contributed by atoms with Gasteiger partial charge in [-0.05, 0) is 0 Å². The van der Waals surface area contributed by atoms with E-state index in [2.05, 4.69) is 20.1 Å². The van der Waals surface area contributed by atoms with Gasteiger partial charge in [-0.15, -0.1) is 0 Å². The van der Waals surface area contributed by atoms with Gasteiger partial charge >= 0.3 is 5.97 Å². The Kier molecular flexibility index (Phi) is 3.64. The van der Waals surface area contributed by atoms with Crippen LogP contribution in [0.2, 0.25) is 0 Å². The molecule has 0 fully saturated rings. The summed E-state index contributed by atoms with van der Waals surface area (Å²) in [5.74, 6) is -1.09. The van der Waals surface area contributed by atoms with E-state index in [1.807, 2.05) is 0 Å². The van der Waals surface area contributed by atoms with Gasteiger partial charge in [0, 0.05) is 18.6 Å². The normalized spacial score (nSPS) is 11.6. The van der Waals surface area contributed by atoms with E-state index >= 15 is 0 Å². The van der Waals surface area contributed by atoms with Crippen LogP contribution in [0, 0.1) is 0 Å². The number of nitrogens with zero attached hydrogens (tertiary/aromatic N) is 6. The highest BCUT2D eigenvalue weighted by Crippen LogP contribution is 2.20. The molecule has 0 atom stereocenters. The molecular formula is C13H12N6O4S. The molecule has 24 heavy (non-hydrogen) atoms. The molecule has 1 N–H and O–H groups in total. The molecule has 0 aromatic carbocycles. The summed E-state index contributed by atoms with van der Waals surface area (Å²) in [4.78, 5) is 23.1. The van der Waals surface area contributed by atoms with Crippen molar-refractivity contribution in [2.45, 2.75) is 0 Å². The summed E-state index contributed by atoms with van der Waals surface area (Å²) in [6.45, 7) is 0. The summed E-state index contributed by atoms with van der Waals surface area (Å²) < 4.78 is 25.3. The molecule has 0 spiro atoms. The summed E-state index contributed by atoms with van der Waals surface area (Å²) in [5, 5.41) is 13.7. The lowest BCUT2D eigenvalue weighted by molar-refractivity contribution is 0.0698. The number of carboxylic acids is 1. The van der Waals surface area contributed by atoms with E-state index in [1.165, 1.54) is 42.7 Å². The largest absolute Gasteiger partial charge is 0.478 e. The van der Waals surface area contributed by atoms with Crippen LogP contribution >= 0.6 is 0 Å². The summed E-state index contributed by atoms with van der Waals surface area (Å²) in [7, 11) is -2.12. The van der Waals surface area contributed by atoms with Gasteiger partial charge in [0.2, 0.25) is 16.0 Å². The molecule has 3 heterocycles. The molecule has 124 valence electrons. The van der Waals surface area contributed by atoms with Gasteiger partial charge in [-0.25, -0.2) is 32.2 Å². The second kappa shape index (κ2) is 5.53. The maximum Gasteiger partial charge on any atom is 0.338 e. The lowest BCUT2D eigenvalue weighted by atomic mass is 10.2. The molecule has 0 unspecified atom stereocenters. The SMILES string of the molecule is CN(c1ncc(-n2ncc3c(C(=O)O)cncc32)cn1)S(C)(=O)=O. The number of rotatable bonds is 4. The molecule has 11 heteroatoms. The lowest BCUT2D eigenvalue weighted by Gasteiger charge is -2.14. The number of aromatic nitrogens is 5. The first-order valence-electron chi connectivity index (χ1n) is 6.60. The molecule has 3 rings (SSSR count). The topological polar surface area (TPSA) is 131 Å². The number of carbonyl (C=O) groups is 1. The predicted molar refractivity (Wildman–Crippen MR) is 84.7 cm³/mol. The first-order chi connectivity index (χ1) is 11.3. The zero-order valence-corrected chi connectivity index (χ0v) is 13.5. The highest BCUT2D eigenvalue weighted by atomic mass is 32.2. The summed E-state index contributed by atoms with van der Waals surface area (Å²) in [6, 6.07) is 0. The van der Waals surface area contributed by atoms with E-state index in [0.717, 1.165) is 10.6 Å². The summed E-state index contributed by atoms with van der Waals surface area (Å²) >= 11 is 0. The Morgan fingerprint density at radius 1 is 1.17 bits per heavy atom. The van der Waals surface area contributed by atoms with Crippen LogP contribution in [0.25, 0.3) is 16.6 Å². The zero-order valence-electron chi connectivity index (χ0n) is 12.7. The van der Waals surface area contributed by atoms with Gasteiger partial charge in [0.25, 0.3) is 0 Å². The average molecular weight is 348 g/mol. The van der Waals surface area contributed by atoms with Gasteiger partial charge in [-0.3, -0.25) is 4.98 Å². The highest BCUT2D eigenvalue weighted by molar-refractivity contribution is 7.92. The van der Waals surface area contributed by atoms with E-state index in [9.17, 15) is 18.3 Å². The average Bonchev–Trinajstić information content (AvgIpc) is 2.97. The Balaban J connectivity index is 2.06.